The third kappa shape index (κ3) is 2.16. The van der Waals surface area contributed by atoms with Gasteiger partial charge in [-0.05, 0) is 13.8 Å². The summed E-state index contributed by atoms with van der Waals surface area (Å²) in [6, 6.07) is 0. The van der Waals surface area contributed by atoms with Gasteiger partial charge in [-0.1, -0.05) is 30.4 Å². The van der Waals surface area contributed by atoms with E-state index in [-0.39, 0.29) is 5.57 Å². The van der Waals surface area contributed by atoms with Crippen LogP contribution in [0.3, 0.4) is 0 Å². The Kier molecular flexibility index (Phi) is 2.83. The molecule has 1 heterocycles. The van der Waals surface area contributed by atoms with E-state index in [1.165, 1.54) is 6.08 Å². The zero-order chi connectivity index (χ0) is 11.7. The van der Waals surface area contributed by atoms with Gasteiger partial charge in [0.05, 0.1) is 0 Å². The van der Waals surface area contributed by atoms with E-state index in [2.05, 4.69) is 16.8 Å². The summed E-state index contributed by atoms with van der Waals surface area (Å²) >= 11 is 0. The van der Waals surface area contributed by atoms with Gasteiger partial charge in [0, 0.05) is 5.57 Å². The summed E-state index contributed by atoms with van der Waals surface area (Å²) in [6.07, 6.45) is 0.144. The summed E-state index contributed by atoms with van der Waals surface area (Å²) in [5.74, 6) is 0. The van der Waals surface area contributed by atoms with Gasteiger partial charge in [0.2, 0.25) is 0 Å². The van der Waals surface area contributed by atoms with Crippen LogP contribution in [0.15, 0.2) is 46.2 Å². The topological polar surface area (TPSA) is 24.7 Å². The van der Waals surface area contributed by atoms with E-state index in [1.54, 1.807) is 26.0 Å². The zero-order valence-electron chi connectivity index (χ0n) is 8.47. The van der Waals surface area contributed by atoms with Crippen LogP contribution in [0.5, 0.6) is 0 Å². The van der Waals surface area contributed by atoms with Crippen LogP contribution >= 0.6 is 0 Å². The largest absolute Gasteiger partial charge is 0.442 e. The molecule has 1 rings (SSSR count). The monoisotopic (exact) mass is 216 g/mol. The number of hydrogen-bond donors (Lipinski definition) is 0. The molecule has 82 valence electrons. The summed E-state index contributed by atoms with van der Waals surface area (Å²) < 4.78 is 37.4. The minimum absolute atomic E-state index is 0.156. The first-order chi connectivity index (χ1) is 6.83. The van der Waals surface area contributed by atoms with Crippen molar-refractivity contribution in [1.29, 1.82) is 0 Å². The second-order valence-electron chi connectivity index (χ2n) is 3.26. The van der Waals surface area contributed by atoms with Crippen molar-refractivity contribution in [2.45, 2.75) is 25.7 Å². The molecule has 0 unspecified atom stereocenters. The molecule has 5 heteroatoms. The molecule has 0 amide bonds. The van der Waals surface area contributed by atoms with E-state index in [0.29, 0.717) is 0 Å². The van der Waals surface area contributed by atoms with Gasteiger partial charge in [0.1, 0.15) is 0 Å². The van der Waals surface area contributed by atoms with E-state index in [0.717, 1.165) is 5.57 Å². The van der Waals surface area contributed by atoms with Crippen molar-refractivity contribution in [1.82, 2.24) is 0 Å². The third-order valence-electron chi connectivity index (χ3n) is 2.15. The minimum atomic E-state index is -4.49. The Morgan fingerprint density at radius 1 is 1.27 bits per heavy atom. The first-order valence-electron chi connectivity index (χ1n) is 4.34. The van der Waals surface area contributed by atoms with Crippen molar-refractivity contribution < 1.29 is 13.2 Å². The second kappa shape index (κ2) is 3.64. The molecule has 2 nitrogen and oxygen atoms in total. The van der Waals surface area contributed by atoms with Crippen LogP contribution in [0.2, 0.25) is 0 Å². The Hall–Kier alpha value is -1.39. The summed E-state index contributed by atoms with van der Waals surface area (Å²) in [4.78, 5) is 0. The highest BCUT2D eigenvalue weighted by Crippen LogP contribution is 2.49. The molecule has 0 saturated heterocycles. The van der Waals surface area contributed by atoms with Crippen molar-refractivity contribution in [2.75, 3.05) is 0 Å². The third-order valence-corrected chi connectivity index (χ3v) is 2.15. The SMILES string of the molecule is C=C(/C=C\C(C)=C/C)C1(C(F)(F)F)N=N1. The molecule has 0 atom stereocenters. The highest BCUT2D eigenvalue weighted by Gasteiger charge is 2.65. The van der Waals surface area contributed by atoms with Crippen LogP contribution in [0.4, 0.5) is 13.2 Å². The number of rotatable bonds is 3. The Balaban J connectivity index is 2.76. The molecule has 1 aliphatic heterocycles. The van der Waals surface area contributed by atoms with Crippen LogP contribution in [0.1, 0.15) is 13.8 Å². The van der Waals surface area contributed by atoms with E-state index < -0.39 is 11.8 Å². The standard InChI is InChI=1S/C10H11F3N2/c1-4-7(2)5-6-8(3)9(14-15-9)10(11,12)13/h4-6H,3H2,1-2H3/b6-5-,7-4-. The lowest BCUT2D eigenvalue weighted by Gasteiger charge is -2.14. The fourth-order valence-corrected chi connectivity index (χ4v) is 0.918. The normalized spacial score (nSPS) is 19.7. The molecule has 0 aromatic heterocycles. The number of nitrogens with zero attached hydrogens (tertiary/aromatic N) is 2. The van der Waals surface area contributed by atoms with Crippen LogP contribution in [0, 0.1) is 0 Å². The lowest BCUT2D eigenvalue weighted by molar-refractivity contribution is -0.152. The molecule has 0 fully saturated rings. The van der Waals surface area contributed by atoms with Gasteiger partial charge in [-0.3, -0.25) is 0 Å². The van der Waals surface area contributed by atoms with E-state index in [1.807, 2.05) is 0 Å². The van der Waals surface area contributed by atoms with Gasteiger partial charge in [0.25, 0.3) is 0 Å². The first kappa shape index (κ1) is 11.7. The Morgan fingerprint density at radius 3 is 2.13 bits per heavy atom. The average molecular weight is 216 g/mol. The van der Waals surface area contributed by atoms with Crippen molar-refractivity contribution in [2.24, 2.45) is 10.2 Å². The molecule has 0 aromatic rings. The van der Waals surface area contributed by atoms with Crippen LogP contribution in [-0.2, 0) is 0 Å². The van der Waals surface area contributed by atoms with Gasteiger partial charge < -0.3 is 0 Å². The number of halogens is 3. The van der Waals surface area contributed by atoms with Gasteiger partial charge >= 0.3 is 11.8 Å². The Labute approximate surface area is 85.9 Å². The molecule has 0 radical (unpaired) electrons. The predicted octanol–water partition coefficient (Wildman–Crippen LogP) is 3.79. The van der Waals surface area contributed by atoms with Crippen molar-refractivity contribution in [3.05, 3.63) is 36.0 Å². The van der Waals surface area contributed by atoms with Crippen LogP contribution < -0.4 is 0 Å². The fraction of sp³-hybridized carbons (Fsp3) is 0.400. The number of allylic oxidation sites excluding steroid dienone is 3. The van der Waals surface area contributed by atoms with Crippen molar-refractivity contribution in [3.63, 3.8) is 0 Å². The molecule has 0 spiro atoms. The second-order valence-corrected chi connectivity index (χ2v) is 3.26. The summed E-state index contributed by atoms with van der Waals surface area (Å²) in [5, 5.41) is 6.08. The molecule has 0 bridgehead atoms. The maximum absolute atomic E-state index is 12.5. The summed E-state index contributed by atoms with van der Waals surface area (Å²) in [7, 11) is 0. The van der Waals surface area contributed by atoms with E-state index in [9.17, 15) is 13.2 Å². The summed E-state index contributed by atoms with van der Waals surface area (Å²) in [5.41, 5.74) is -1.68. The number of hydrogen-bond acceptors (Lipinski definition) is 2. The number of alkyl halides is 3. The smallest absolute Gasteiger partial charge is 0.166 e. The predicted molar refractivity (Wildman–Crippen MR) is 51.4 cm³/mol. The van der Waals surface area contributed by atoms with E-state index in [4.69, 9.17) is 0 Å². The quantitative estimate of drug-likeness (QED) is 0.641. The zero-order valence-corrected chi connectivity index (χ0v) is 8.47. The maximum Gasteiger partial charge on any atom is 0.442 e. The fourth-order valence-electron chi connectivity index (χ4n) is 0.918. The average Bonchev–Trinajstić information content (AvgIpc) is 2.92. The molecule has 0 aliphatic carbocycles. The van der Waals surface area contributed by atoms with Gasteiger partial charge in [-0.2, -0.15) is 13.2 Å². The molecule has 0 N–H and O–H groups in total. The first-order valence-corrected chi connectivity index (χ1v) is 4.34. The maximum atomic E-state index is 12.5. The molecular weight excluding hydrogens is 205 g/mol. The highest BCUT2D eigenvalue weighted by molar-refractivity contribution is 5.37. The van der Waals surface area contributed by atoms with E-state index >= 15 is 0 Å². The lowest BCUT2D eigenvalue weighted by atomic mass is 10.0. The highest BCUT2D eigenvalue weighted by atomic mass is 19.4. The molecule has 15 heavy (non-hydrogen) atoms. The molecular formula is C10H11F3N2. The van der Waals surface area contributed by atoms with Crippen LogP contribution in [-0.4, -0.2) is 11.8 Å². The van der Waals surface area contributed by atoms with Crippen molar-refractivity contribution in [3.8, 4) is 0 Å². The molecule has 1 aliphatic rings. The Bertz CT molecular complexity index is 355. The van der Waals surface area contributed by atoms with Gasteiger partial charge in [0.15, 0.2) is 0 Å². The van der Waals surface area contributed by atoms with Gasteiger partial charge in [-0.25, -0.2) is 0 Å². The molecule has 0 aromatic carbocycles. The minimum Gasteiger partial charge on any atom is -0.166 e. The molecule has 0 saturated carbocycles. The lowest BCUT2D eigenvalue weighted by Crippen LogP contribution is -2.33. The Morgan fingerprint density at radius 2 is 1.80 bits per heavy atom. The van der Waals surface area contributed by atoms with Gasteiger partial charge in [-0.15, -0.1) is 10.2 Å². The van der Waals surface area contributed by atoms with Crippen molar-refractivity contribution >= 4 is 0 Å². The summed E-state index contributed by atoms with van der Waals surface area (Å²) in [6.45, 7) is 6.92. The van der Waals surface area contributed by atoms with Crippen LogP contribution in [0.25, 0.3) is 0 Å².